The normalized spacial score (nSPS) is 14.1. The van der Waals surface area contributed by atoms with E-state index in [-0.39, 0.29) is 37.4 Å². The number of hydrogen-bond acceptors (Lipinski definition) is 10. The van der Waals surface area contributed by atoms with Crippen LogP contribution < -0.4 is 32.3 Å². The molecule has 0 unspecified atom stereocenters. The minimum Gasteiger partial charge on any atom is -0.508 e. The average molecular weight is 844 g/mol. The Morgan fingerprint density at radius 3 is 1.79 bits per heavy atom. The van der Waals surface area contributed by atoms with Crippen LogP contribution in [-0.4, -0.2) is 110 Å². The van der Waals surface area contributed by atoms with Gasteiger partial charge in [0.2, 0.25) is 29.5 Å². The molecule has 0 saturated carbocycles. The number of amides is 5. The molecule has 3 aromatic carbocycles. The van der Waals surface area contributed by atoms with Gasteiger partial charge in [-0.1, -0.05) is 74.5 Å². The molecule has 61 heavy (non-hydrogen) atoms. The van der Waals surface area contributed by atoms with E-state index in [9.17, 15) is 54.0 Å². The van der Waals surface area contributed by atoms with E-state index in [4.69, 9.17) is 5.73 Å². The van der Waals surface area contributed by atoms with Gasteiger partial charge >= 0.3 is 11.9 Å². The molecule has 4 aromatic rings. The van der Waals surface area contributed by atoms with Crippen LogP contribution in [0.5, 0.6) is 5.75 Å². The predicted octanol–water partition coefficient (Wildman–Crippen LogP) is 0.641. The van der Waals surface area contributed by atoms with Gasteiger partial charge in [-0.2, -0.15) is 0 Å². The summed E-state index contributed by atoms with van der Waals surface area (Å²) in [7, 11) is 0. The number of carboxylic acid groups (broad SMARTS) is 2. The van der Waals surface area contributed by atoms with E-state index in [2.05, 4.69) is 31.6 Å². The van der Waals surface area contributed by atoms with Crippen LogP contribution in [0.15, 0.2) is 85.1 Å². The SMILES string of the molecule is CC(C)C[C@H](NC(=O)[C@H](Cc1ccccc1)NC(=O)[C@H](CO)NC(=O)[C@@H](N)Cc1c[nH]c2ccccc12)C(=O)N[C@@H](CCC(=O)O)C(=O)N[C@@H](Cc1ccc(O)cc1)C(=O)O. The molecule has 12 N–H and O–H groups in total. The van der Waals surface area contributed by atoms with Gasteiger partial charge in [0.1, 0.15) is 36.0 Å². The number of aliphatic hydroxyl groups excluding tert-OH is 1. The van der Waals surface area contributed by atoms with Crippen molar-refractivity contribution in [3.8, 4) is 5.75 Å². The van der Waals surface area contributed by atoms with Crippen molar-refractivity contribution in [2.24, 2.45) is 11.7 Å². The number of aliphatic hydroxyl groups is 1. The summed E-state index contributed by atoms with van der Waals surface area (Å²) in [4.78, 5) is 94.9. The highest BCUT2D eigenvalue weighted by atomic mass is 16.4. The smallest absolute Gasteiger partial charge is 0.326 e. The number of aliphatic carboxylic acids is 2. The number of aromatic amines is 1. The van der Waals surface area contributed by atoms with Crippen molar-refractivity contribution in [1.29, 1.82) is 0 Å². The van der Waals surface area contributed by atoms with Crippen molar-refractivity contribution in [1.82, 2.24) is 31.6 Å². The fraction of sp³-hybridized carbons (Fsp3) is 0.372. The summed E-state index contributed by atoms with van der Waals surface area (Å²) in [6.45, 7) is 2.69. The summed E-state index contributed by atoms with van der Waals surface area (Å²) >= 11 is 0. The first-order chi connectivity index (χ1) is 29.0. The van der Waals surface area contributed by atoms with Gasteiger partial charge in [0.25, 0.3) is 0 Å². The van der Waals surface area contributed by atoms with E-state index >= 15 is 0 Å². The van der Waals surface area contributed by atoms with Gasteiger partial charge in [-0.3, -0.25) is 28.8 Å². The van der Waals surface area contributed by atoms with Crippen molar-refractivity contribution in [3.05, 3.63) is 102 Å². The molecule has 0 bridgehead atoms. The number of fused-ring (bicyclic) bond motifs is 1. The molecule has 6 atom stereocenters. The van der Waals surface area contributed by atoms with E-state index in [1.54, 1.807) is 50.4 Å². The zero-order valence-electron chi connectivity index (χ0n) is 33.8. The minimum absolute atomic E-state index is 0.0269. The second-order valence-corrected chi connectivity index (χ2v) is 15.1. The summed E-state index contributed by atoms with van der Waals surface area (Å²) in [6.07, 6.45) is 0.604. The number of nitrogens with two attached hydrogens (primary N) is 1. The number of H-pyrrole nitrogens is 1. The quantitative estimate of drug-likeness (QED) is 0.0491. The Hall–Kier alpha value is -6.79. The zero-order valence-corrected chi connectivity index (χ0v) is 33.8. The van der Waals surface area contributed by atoms with E-state index in [1.165, 1.54) is 24.3 Å². The number of aromatic nitrogens is 1. The maximum atomic E-state index is 14.0. The molecule has 18 heteroatoms. The molecule has 1 aromatic heterocycles. The lowest BCUT2D eigenvalue weighted by Gasteiger charge is -2.27. The number of benzene rings is 3. The van der Waals surface area contributed by atoms with Crippen LogP contribution in [0.2, 0.25) is 0 Å². The van der Waals surface area contributed by atoms with Crippen molar-refractivity contribution < 1.29 is 54.0 Å². The Bertz CT molecular complexity index is 2140. The number of rotatable bonds is 23. The third-order valence-electron chi connectivity index (χ3n) is 9.79. The molecule has 5 amide bonds. The molecule has 0 saturated heterocycles. The molecule has 18 nitrogen and oxygen atoms in total. The minimum atomic E-state index is -1.53. The van der Waals surface area contributed by atoms with Crippen LogP contribution in [0.1, 0.15) is 49.8 Å². The highest BCUT2D eigenvalue weighted by molar-refractivity contribution is 5.97. The van der Waals surface area contributed by atoms with E-state index in [0.717, 1.165) is 16.5 Å². The van der Waals surface area contributed by atoms with Crippen LogP contribution in [0.3, 0.4) is 0 Å². The molecular formula is C43H53N7O11. The molecule has 1 heterocycles. The molecule has 0 spiro atoms. The highest BCUT2D eigenvalue weighted by Gasteiger charge is 2.33. The number of hydrogen-bond donors (Lipinski definition) is 11. The number of para-hydroxylation sites is 1. The van der Waals surface area contributed by atoms with Crippen LogP contribution in [0, 0.1) is 5.92 Å². The number of phenols is 1. The Kier molecular flexibility index (Phi) is 17.3. The van der Waals surface area contributed by atoms with E-state index in [0.29, 0.717) is 11.1 Å². The second kappa shape index (κ2) is 22.5. The van der Waals surface area contributed by atoms with Gasteiger partial charge in [-0.05, 0) is 60.1 Å². The van der Waals surface area contributed by atoms with Crippen molar-refractivity contribution >= 4 is 52.4 Å². The Labute approximate surface area is 351 Å². The largest absolute Gasteiger partial charge is 0.508 e. The van der Waals surface area contributed by atoms with Gasteiger partial charge in [0, 0.05) is 36.4 Å². The summed E-state index contributed by atoms with van der Waals surface area (Å²) in [6, 6.07) is 13.3. The summed E-state index contributed by atoms with van der Waals surface area (Å²) in [5.41, 5.74) is 8.91. The first-order valence-electron chi connectivity index (χ1n) is 19.7. The number of carboxylic acids is 2. The standard InChI is InChI=1S/C43H53N7O11/c1-24(2)18-33(40(57)46-32(16-17-37(53)54)39(56)49-35(43(60)61)20-26-12-14-28(52)15-13-26)47-41(58)34(19-25-8-4-3-5-9-25)48-42(59)36(23-51)50-38(55)30(44)21-27-22-45-31-11-7-6-10-29(27)31/h3-15,22,24,30,32-36,45,51-52H,16-21,23,44H2,1-2H3,(H,46,57)(H,47,58)(H,48,59)(H,49,56)(H,50,55)(H,53,54)(H,60,61)/t30-,32-,33-,34-,35-,36-/m0/s1. The summed E-state index contributed by atoms with van der Waals surface area (Å²) in [5.74, 6) is -7.30. The fourth-order valence-corrected chi connectivity index (χ4v) is 6.56. The lowest BCUT2D eigenvalue weighted by Crippen LogP contribution is -2.60. The number of carbonyl (C=O) groups is 7. The number of nitrogens with one attached hydrogen (secondary N) is 6. The average Bonchev–Trinajstić information content (AvgIpc) is 3.63. The van der Waals surface area contributed by atoms with Gasteiger partial charge in [-0.15, -0.1) is 0 Å². The number of aromatic hydroxyl groups is 1. The van der Waals surface area contributed by atoms with Crippen LogP contribution >= 0.6 is 0 Å². The molecule has 0 aliphatic heterocycles. The lowest BCUT2D eigenvalue weighted by atomic mass is 10.00. The maximum Gasteiger partial charge on any atom is 0.326 e. The number of phenolic OH excluding ortho intramolecular Hbond substituents is 1. The number of carbonyl (C=O) groups excluding carboxylic acids is 5. The zero-order chi connectivity index (χ0) is 44.6. The highest BCUT2D eigenvalue weighted by Crippen LogP contribution is 2.19. The fourth-order valence-electron chi connectivity index (χ4n) is 6.56. The van der Waals surface area contributed by atoms with Gasteiger partial charge < -0.3 is 57.7 Å². The molecule has 0 radical (unpaired) electrons. The topological polar surface area (TPSA) is 302 Å². The molecule has 326 valence electrons. The third-order valence-corrected chi connectivity index (χ3v) is 9.79. The van der Waals surface area contributed by atoms with Crippen LogP contribution in [-0.2, 0) is 52.8 Å². The lowest BCUT2D eigenvalue weighted by molar-refractivity contribution is -0.143. The Balaban J connectivity index is 1.49. The summed E-state index contributed by atoms with van der Waals surface area (Å²) in [5, 5.41) is 52.4. The van der Waals surface area contributed by atoms with Crippen molar-refractivity contribution in [2.45, 2.75) is 88.6 Å². The first-order valence-corrected chi connectivity index (χ1v) is 19.7. The molecular weight excluding hydrogens is 791 g/mol. The second-order valence-electron chi connectivity index (χ2n) is 15.1. The Morgan fingerprint density at radius 1 is 0.623 bits per heavy atom. The van der Waals surface area contributed by atoms with Gasteiger partial charge in [0.15, 0.2) is 0 Å². The Morgan fingerprint density at radius 2 is 1.15 bits per heavy atom. The molecule has 0 fully saturated rings. The van der Waals surface area contributed by atoms with E-state index < -0.39 is 97.2 Å². The molecule has 4 rings (SSSR count). The monoisotopic (exact) mass is 843 g/mol. The van der Waals surface area contributed by atoms with Crippen LogP contribution in [0.25, 0.3) is 10.9 Å². The predicted molar refractivity (Wildman–Crippen MR) is 223 cm³/mol. The van der Waals surface area contributed by atoms with Crippen molar-refractivity contribution in [2.75, 3.05) is 6.61 Å². The maximum absolute atomic E-state index is 14.0. The first kappa shape index (κ1) is 46.9. The van der Waals surface area contributed by atoms with Crippen molar-refractivity contribution in [3.63, 3.8) is 0 Å². The van der Waals surface area contributed by atoms with E-state index in [1.807, 2.05) is 24.3 Å². The van der Waals surface area contributed by atoms with Gasteiger partial charge in [0.05, 0.1) is 12.6 Å². The van der Waals surface area contributed by atoms with Crippen LogP contribution in [0.4, 0.5) is 0 Å². The molecule has 0 aliphatic carbocycles. The van der Waals surface area contributed by atoms with Gasteiger partial charge in [-0.25, -0.2) is 4.79 Å². The molecule has 0 aliphatic rings. The summed E-state index contributed by atoms with van der Waals surface area (Å²) < 4.78 is 0. The third kappa shape index (κ3) is 14.5.